The first kappa shape index (κ1) is 21.3. The van der Waals surface area contributed by atoms with Gasteiger partial charge in [-0.05, 0) is 0 Å². The van der Waals surface area contributed by atoms with E-state index in [1.54, 1.807) is 12.4 Å². The number of fused-ring (bicyclic) bond motifs is 1. The van der Waals surface area contributed by atoms with E-state index in [0.29, 0.717) is 17.9 Å². The summed E-state index contributed by atoms with van der Waals surface area (Å²) in [6, 6.07) is 4.45. The Morgan fingerprint density at radius 2 is 2.03 bits per heavy atom. The highest BCUT2D eigenvalue weighted by Crippen LogP contribution is 2.40. The van der Waals surface area contributed by atoms with Gasteiger partial charge in [0.1, 0.15) is 27.1 Å². The van der Waals surface area contributed by atoms with Crippen LogP contribution in [0.2, 0.25) is 4.34 Å². The average molecular weight is 481 g/mol. The second-order valence-electron chi connectivity index (χ2n) is 6.67. The van der Waals surface area contributed by atoms with Gasteiger partial charge in [0.05, 0.1) is 0 Å². The smallest absolute Gasteiger partial charge is 0.352 e. The minimum atomic E-state index is -1.23. The third kappa shape index (κ3) is 3.89. The molecular weight excluding hydrogens is 466 g/mol. The van der Waals surface area contributed by atoms with Crippen LogP contribution in [-0.2, 0) is 20.9 Å². The van der Waals surface area contributed by atoms with Crippen molar-refractivity contribution in [3.05, 3.63) is 51.9 Å². The Labute approximate surface area is 188 Å². The van der Waals surface area contributed by atoms with Crippen LogP contribution in [0.5, 0.6) is 0 Å². The Kier molecular flexibility index (Phi) is 5.69. The Hall–Kier alpha value is -2.96. The van der Waals surface area contributed by atoms with Crippen LogP contribution in [-0.4, -0.2) is 55.7 Å². The molecule has 31 heavy (non-hydrogen) atoms. The molecule has 4 heterocycles. The van der Waals surface area contributed by atoms with Crippen molar-refractivity contribution in [2.24, 2.45) is 0 Å². The molecule has 2 aliphatic heterocycles. The molecule has 10 nitrogen and oxygen atoms in total. The lowest BCUT2D eigenvalue weighted by Crippen LogP contribution is -2.71. The molecule has 160 valence electrons. The van der Waals surface area contributed by atoms with Gasteiger partial charge in [-0.3, -0.25) is 19.3 Å². The maximum absolute atomic E-state index is 12.7. The number of hydrogen-bond donors (Lipinski definition) is 3. The number of ketones is 1. The summed E-state index contributed by atoms with van der Waals surface area (Å²) >= 11 is 8.04. The van der Waals surface area contributed by atoms with E-state index in [2.05, 4.69) is 10.3 Å². The van der Waals surface area contributed by atoms with Gasteiger partial charge in [0.25, 0.3) is 17.6 Å². The van der Waals surface area contributed by atoms with E-state index in [0.717, 1.165) is 16.2 Å². The Morgan fingerprint density at radius 3 is 2.65 bits per heavy atom. The number of hydrogen-bond acceptors (Lipinski definition) is 8. The van der Waals surface area contributed by atoms with E-state index in [1.165, 1.54) is 11.8 Å². The maximum Gasteiger partial charge on any atom is 0.352 e. The highest BCUT2D eigenvalue weighted by atomic mass is 35.5. The minimum absolute atomic E-state index is 0.0228. The van der Waals surface area contributed by atoms with Crippen molar-refractivity contribution in [3.63, 3.8) is 0 Å². The fraction of sp³-hybridized carbons (Fsp3) is 0.222. The standard InChI is InChI=1S/C18H14ClN5O5S2/c19-13-9(22-18(20)31-13)12(25)14(26)21-10-15(27)24-11(17(28)29)8(7-30-16(10)24)6-23-4-2-1-3-5-23/h1-5,10,16H,6-7H2,(H3-,20,21,22,26,28,29)/p+1/t10-,16+/m1/s1. The predicted octanol–water partition coefficient (Wildman–Crippen LogP) is 0.288. The van der Waals surface area contributed by atoms with E-state index in [-0.39, 0.29) is 20.9 Å². The van der Waals surface area contributed by atoms with Crippen LogP contribution in [0.15, 0.2) is 41.9 Å². The van der Waals surface area contributed by atoms with Crippen LogP contribution < -0.4 is 15.6 Å². The fourth-order valence-corrected chi connectivity index (χ4v) is 5.59. The van der Waals surface area contributed by atoms with Gasteiger partial charge in [-0.15, -0.1) is 11.8 Å². The SMILES string of the molecule is Nc1nc(C(=O)C(=O)N[C@@H]2C(=O)N3C(C(=O)O)=C(C[n+]4ccccc4)CS[C@@H]23)c(Cl)s1. The molecular formula is C18H15ClN5O5S2+. The Morgan fingerprint density at radius 1 is 1.32 bits per heavy atom. The number of carboxylic acid groups (broad SMARTS) is 1. The van der Waals surface area contributed by atoms with Crippen molar-refractivity contribution >= 4 is 63.4 Å². The number of thioether (sulfide) groups is 1. The van der Waals surface area contributed by atoms with Crippen LogP contribution in [0.3, 0.4) is 0 Å². The van der Waals surface area contributed by atoms with Crippen LogP contribution in [0.25, 0.3) is 0 Å². The van der Waals surface area contributed by atoms with E-state index < -0.39 is 35.0 Å². The number of aliphatic carboxylic acids is 1. The topological polar surface area (TPSA) is 147 Å². The van der Waals surface area contributed by atoms with E-state index >= 15 is 0 Å². The molecule has 1 fully saturated rings. The van der Waals surface area contributed by atoms with Gasteiger partial charge in [0, 0.05) is 23.5 Å². The summed E-state index contributed by atoms with van der Waals surface area (Å²) in [5.41, 5.74) is 5.68. The summed E-state index contributed by atoms with van der Waals surface area (Å²) in [6.45, 7) is 0.311. The molecule has 2 atom stereocenters. The van der Waals surface area contributed by atoms with Gasteiger partial charge >= 0.3 is 5.97 Å². The zero-order chi connectivity index (χ0) is 22.3. The average Bonchev–Trinajstić information content (AvgIpc) is 3.09. The molecule has 0 bridgehead atoms. The number of β-lactam (4-membered cyclic amide) rings is 1. The van der Waals surface area contributed by atoms with Crippen LogP contribution in [0, 0.1) is 0 Å². The number of nitrogens with one attached hydrogen (secondary N) is 1. The molecule has 1 saturated heterocycles. The molecule has 4 rings (SSSR count). The normalized spacial score (nSPS) is 20.2. The van der Waals surface area contributed by atoms with Crippen LogP contribution >= 0.6 is 34.7 Å². The van der Waals surface area contributed by atoms with Gasteiger partial charge in [-0.2, -0.15) is 0 Å². The van der Waals surface area contributed by atoms with Gasteiger partial charge in [0.2, 0.25) is 0 Å². The molecule has 0 aromatic carbocycles. The van der Waals surface area contributed by atoms with Crippen LogP contribution in [0.1, 0.15) is 10.5 Å². The molecule has 2 aromatic rings. The predicted molar refractivity (Wildman–Crippen MR) is 112 cm³/mol. The third-order valence-electron chi connectivity index (χ3n) is 4.71. The molecule has 0 spiro atoms. The zero-order valence-corrected chi connectivity index (χ0v) is 18.0. The number of halogens is 1. The molecule has 0 unspecified atom stereocenters. The summed E-state index contributed by atoms with van der Waals surface area (Å²) in [5, 5.41) is 11.5. The van der Waals surface area contributed by atoms with Crippen molar-refractivity contribution in [3.8, 4) is 0 Å². The lowest BCUT2D eigenvalue weighted by atomic mass is 10.0. The Bertz CT molecular complexity index is 1140. The van der Waals surface area contributed by atoms with Crippen molar-refractivity contribution < 1.29 is 28.9 Å². The molecule has 0 aliphatic carbocycles. The number of rotatable bonds is 6. The molecule has 13 heteroatoms. The molecule has 2 aliphatic rings. The number of anilines is 1. The number of Topliss-reactive ketones (excluding diaryl/α,β-unsaturated/α-hetero) is 1. The first-order valence-electron chi connectivity index (χ1n) is 8.89. The number of nitrogens with zero attached hydrogens (tertiary/aromatic N) is 3. The minimum Gasteiger partial charge on any atom is -0.477 e. The second kappa shape index (κ2) is 8.29. The lowest BCUT2D eigenvalue weighted by Gasteiger charge is -2.49. The first-order chi connectivity index (χ1) is 14.8. The van der Waals surface area contributed by atoms with Crippen molar-refractivity contribution in [1.82, 2.24) is 15.2 Å². The van der Waals surface area contributed by atoms with Crippen molar-refractivity contribution in [2.45, 2.75) is 18.0 Å². The van der Waals surface area contributed by atoms with Crippen molar-refractivity contribution in [1.29, 1.82) is 0 Å². The quantitative estimate of drug-likeness (QED) is 0.231. The van der Waals surface area contributed by atoms with Gasteiger partial charge in [-0.1, -0.05) is 29.0 Å². The van der Waals surface area contributed by atoms with E-state index in [9.17, 15) is 24.3 Å². The number of nitrogen functional groups attached to an aromatic ring is 1. The highest BCUT2D eigenvalue weighted by molar-refractivity contribution is 8.00. The highest BCUT2D eigenvalue weighted by Gasteiger charge is 2.55. The fourth-order valence-electron chi connectivity index (χ4n) is 3.34. The van der Waals surface area contributed by atoms with Gasteiger partial charge < -0.3 is 16.2 Å². The van der Waals surface area contributed by atoms with E-state index in [1.807, 2.05) is 22.8 Å². The molecule has 2 aromatic heterocycles. The monoisotopic (exact) mass is 480 g/mol. The van der Waals surface area contributed by atoms with Gasteiger partial charge in [-0.25, -0.2) is 14.3 Å². The molecule has 0 saturated carbocycles. The van der Waals surface area contributed by atoms with Crippen LogP contribution in [0.4, 0.5) is 5.13 Å². The summed E-state index contributed by atoms with van der Waals surface area (Å²) in [4.78, 5) is 54.1. The molecule has 2 amide bonds. The van der Waals surface area contributed by atoms with E-state index in [4.69, 9.17) is 17.3 Å². The van der Waals surface area contributed by atoms with Gasteiger partial charge in [0.15, 0.2) is 24.1 Å². The summed E-state index contributed by atoms with van der Waals surface area (Å²) in [5.74, 6) is -3.55. The lowest BCUT2D eigenvalue weighted by molar-refractivity contribution is -0.689. The number of nitrogens with two attached hydrogens (primary N) is 1. The number of carbonyl (C=O) groups is 4. The largest absolute Gasteiger partial charge is 0.477 e. The second-order valence-corrected chi connectivity index (χ2v) is 9.41. The Balaban J connectivity index is 1.51. The number of amides is 2. The maximum atomic E-state index is 12.7. The number of carbonyl (C=O) groups excluding carboxylic acids is 3. The summed E-state index contributed by atoms with van der Waals surface area (Å²) in [7, 11) is 0. The zero-order valence-electron chi connectivity index (χ0n) is 15.6. The van der Waals surface area contributed by atoms with Crippen molar-refractivity contribution in [2.75, 3.05) is 11.5 Å². The number of aromatic nitrogens is 2. The molecule has 0 radical (unpaired) electrons. The summed E-state index contributed by atoms with van der Waals surface area (Å²) < 4.78 is 1.79. The number of pyridine rings is 1. The summed E-state index contributed by atoms with van der Waals surface area (Å²) in [6.07, 6.45) is 3.60. The third-order valence-corrected chi connectivity index (χ3v) is 7.13. The first-order valence-corrected chi connectivity index (χ1v) is 11.1. The number of carboxylic acids is 1. The molecule has 4 N–H and O–H groups in total. The number of thiazole rings is 1.